The van der Waals surface area contributed by atoms with E-state index in [-0.39, 0.29) is 0 Å². The molecule has 0 aromatic heterocycles. The van der Waals surface area contributed by atoms with Gasteiger partial charge in [-0.25, -0.2) is 0 Å². The molecule has 0 aromatic rings. The first kappa shape index (κ1) is 11.4. The minimum atomic E-state index is 0.606. The van der Waals surface area contributed by atoms with E-state index in [1.807, 2.05) is 0 Å². The minimum Gasteiger partial charge on any atom is -0.176 e. The van der Waals surface area contributed by atoms with Crippen molar-refractivity contribution in [3.8, 4) is 0 Å². The second kappa shape index (κ2) is 5.93. The van der Waals surface area contributed by atoms with Gasteiger partial charge in [-0.15, -0.1) is 0 Å². The molecule has 1 heteroatoms. The van der Waals surface area contributed by atoms with Gasteiger partial charge in [0.2, 0.25) is 0 Å². The van der Waals surface area contributed by atoms with Gasteiger partial charge < -0.3 is 0 Å². The van der Waals surface area contributed by atoms with Gasteiger partial charge in [0, 0.05) is 5.25 Å². The van der Waals surface area contributed by atoms with Gasteiger partial charge in [-0.2, -0.15) is 12.6 Å². The SMILES string of the molecule is CCC(C)C(CC)C(S)CC. The van der Waals surface area contributed by atoms with Gasteiger partial charge in [0.1, 0.15) is 0 Å². The summed E-state index contributed by atoms with van der Waals surface area (Å²) in [5.41, 5.74) is 0. The average molecular weight is 174 g/mol. The summed E-state index contributed by atoms with van der Waals surface area (Å²) in [5, 5.41) is 0.606. The van der Waals surface area contributed by atoms with Crippen LogP contribution >= 0.6 is 12.6 Å². The zero-order valence-corrected chi connectivity index (χ0v) is 9.20. The third kappa shape index (κ3) is 3.50. The first-order chi connectivity index (χ1) is 5.17. The van der Waals surface area contributed by atoms with Crippen molar-refractivity contribution in [3.05, 3.63) is 0 Å². The average Bonchev–Trinajstić information content (AvgIpc) is 2.05. The second-order valence-corrected chi connectivity index (χ2v) is 4.10. The molecule has 0 fully saturated rings. The fraction of sp³-hybridized carbons (Fsp3) is 1.00. The Balaban J connectivity index is 3.92. The molecule has 0 aliphatic rings. The smallest absolute Gasteiger partial charge is 0.00449 e. The molecule has 0 N–H and O–H groups in total. The molecule has 0 aliphatic heterocycles. The Morgan fingerprint density at radius 2 is 1.55 bits per heavy atom. The molecule has 68 valence electrons. The standard InChI is InChI=1S/C10H22S/c1-5-8(4)9(6-2)10(11)7-3/h8-11H,5-7H2,1-4H3. The Morgan fingerprint density at radius 3 is 1.82 bits per heavy atom. The highest BCUT2D eigenvalue weighted by Crippen LogP contribution is 2.27. The molecule has 0 saturated carbocycles. The third-order valence-corrected chi connectivity index (χ3v) is 3.51. The van der Waals surface area contributed by atoms with Crippen molar-refractivity contribution in [3.63, 3.8) is 0 Å². The maximum absolute atomic E-state index is 4.60. The first-order valence-corrected chi connectivity index (χ1v) is 5.36. The summed E-state index contributed by atoms with van der Waals surface area (Å²) in [4.78, 5) is 0. The quantitative estimate of drug-likeness (QED) is 0.603. The Hall–Kier alpha value is 0.350. The van der Waals surface area contributed by atoms with Gasteiger partial charge >= 0.3 is 0 Å². The van der Waals surface area contributed by atoms with E-state index in [0.29, 0.717) is 5.25 Å². The van der Waals surface area contributed by atoms with Crippen LogP contribution in [0.5, 0.6) is 0 Å². The lowest BCUT2D eigenvalue weighted by Gasteiger charge is -2.26. The van der Waals surface area contributed by atoms with Gasteiger partial charge in [0.05, 0.1) is 0 Å². The lowest BCUT2D eigenvalue weighted by Crippen LogP contribution is -2.20. The zero-order chi connectivity index (χ0) is 8.85. The Morgan fingerprint density at radius 1 is 1.00 bits per heavy atom. The van der Waals surface area contributed by atoms with E-state index in [1.165, 1.54) is 19.3 Å². The van der Waals surface area contributed by atoms with Gasteiger partial charge in [0.25, 0.3) is 0 Å². The predicted octanol–water partition coefficient (Wildman–Crippen LogP) is 3.77. The number of hydrogen-bond acceptors (Lipinski definition) is 1. The Labute approximate surface area is 77.2 Å². The highest BCUT2D eigenvalue weighted by molar-refractivity contribution is 7.81. The molecule has 0 radical (unpaired) electrons. The summed E-state index contributed by atoms with van der Waals surface area (Å²) in [5.74, 6) is 1.65. The molecular formula is C10H22S. The predicted molar refractivity (Wildman–Crippen MR) is 56.3 cm³/mol. The van der Waals surface area contributed by atoms with Crippen molar-refractivity contribution in [2.45, 2.75) is 52.2 Å². The number of thiol groups is 1. The van der Waals surface area contributed by atoms with Crippen LogP contribution in [0.15, 0.2) is 0 Å². The molecule has 0 saturated heterocycles. The van der Waals surface area contributed by atoms with Crippen molar-refractivity contribution in [2.75, 3.05) is 0 Å². The number of rotatable bonds is 5. The van der Waals surface area contributed by atoms with Crippen LogP contribution in [0, 0.1) is 11.8 Å². The fourth-order valence-electron chi connectivity index (χ4n) is 1.66. The van der Waals surface area contributed by atoms with Crippen molar-refractivity contribution in [1.29, 1.82) is 0 Å². The van der Waals surface area contributed by atoms with E-state index in [9.17, 15) is 0 Å². The summed E-state index contributed by atoms with van der Waals surface area (Å²) in [6.45, 7) is 9.11. The molecule has 0 aromatic carbocycles. The molecule has 0 heterocycles. The molecule has 0 bridgehead atoms. The van der Waals surface area contributed by atoms with Gasteiger partial charge in [-0.3, -0.25) is 0 Å². The largest absolute Gasteiger partial charge is 0.176 e. The molecule has 0 aliphatic carbocycles. The van der Waals surface area contributed by atoms with Crippen LogP contribution in [0.1, 0.15) is 47.0 Å². The Kier molecular flexibility index (Phi) is 6.12. The number of hydrogen-bond donors (Lipinski definition) is 1. The zero-order valence-electron chi connectivity index (χ0n) is 8.30. The van der Waals surface area contributed by atoms with E-state index < -0.39 is 0 Å². The van der Waals surface area contributed by atoms with Crippen molar-refractivity contribution < 1.29 is 0 Å². The summed E-state index contributed by atoms with van der Waals surface area (Å²) in [6, 6.07) is 0. The van der Waals surface area contributed by atoms with Crippen LogP contribution in [-0.4, -0.2) is 5.25 Å². The molecule has 0 rings (SSSR count). The highest BCUT2D eigenvalue weighted by Gasteiger charge is 2.19. The second-order valence-electron chi connectivity index (χ2n) is 3.43. The van der Waals surface area contributed by atoms with Crippen molar-refractivity contribution in [1.82, 2.24) is 0 Å². The van der Waals surface area contributed by atoms with Gasteiger partial charge in [0.15, 0.2) is 0 Å². The molecule has 11 heavy (non-hydrogen) atoms. The molecule has 3 unspecified atom stereocenters. The van der Waals surface area contributed by atoms with E-state index in [0.717, 1.165) is 11.8 Å². The molecule has 0 spiro atoms. The summed E-state index contributed by atoms with van der Waals surface area (Å²) >= 11 is 4.60. The van der Waals surface area contributed by atoms with Crippen LogP contribution < -0.4 is 0 Å². The highest BCUT2D eigenvalue weighted by atomic mass is 32.1. The maximum Gasteiger partial charge on any atom is 0.00449 e. The van der Waals surface area contributed by atoms with Crippen LogP contribution in [0.4, 0.5) is 0 Å². The maximum atomic E-state index is 4.60. The lowest BCUT2D eigenvalue weighted by atomic mass is 9.86. The van der Waals surface area contributed by atoms with Crippen LogP contribution in [0.25, 0.3) is 0 Å². The minimum absolute atomic E-state index is 0.606. The first-order valence-electron chi connectivity index (χ1n) is 4.85. The van der Waals surface area contributed by atoms with Crippen LogP contribution in [0.2, 0.25) is 0 Å². The van der Waals surface area contributed by atoms with Crippen molar-refractivity contribution >= 4 is 12.6 Å². The molecule has 0 amide bonds. The lowest BCUT2D eigenvalue weighted by molar-refractivity contribution is 0.325. The van der Waals surface area contributed by atoms with E-state index in [4.69, 9.17) is 0 Å². The summed E-state index contributed by atoms with van der Waals surface area (Å²) in [7, 11) is 0. The summed E-state index contributed by atoms with van der Waals surface area (Å²) < 4.78 is 0. The van der Waals surface area contributed by atoms with Crippen LogP contribution in [0.3, 0.4) is 0 Å². The van der Waals surface area contributed by atoms with Gasteiger partial charge in [-0.05, 0) is 18.3 Å². The van der Waals surface area contributed by atoms with Crippen molar-refractivity contribution in [2.24, 2.45) is 11.8 Å². The van der Waals surface area contributed by atoms with Gasteiger partial charge in [-0.1, -0.05) is 40.5 Å². The Bertz CT molecular complexity index is 80.9. The monoisotopic (exact) mass is 174 g/mol. The van der Waals surface area contributed by atoms with E-state index >= 15 is 0 Å². The summed E-state index contributed by atoms with van der Waals surface area (Å²) in [6.07, 6.45) is 3.76. The van der Waals surface area contributed by atoms with Crippen LogP contribution in [-0.2, 0) is 0 Å². The third-order valence-electron chi connectivity index (χ3n) is 2.76. The van der Waals surface area contributed by atoms with E-state index in [2.05, 4.69) is 40.3 Å². The molecular weight excluding hydrogens is 152 g/mol. The fourth-order valence-corrected chi connectivity index (χ4v) is 2.16. The normalized spacial score (nSPS) is 19.4. The van der Waals surface area contributed by atoms with E-state index in [1.54, 1.807) is 0 Å². The molecule has 3 atom stereocenters. The topological polar surface area (TPSA) is 0 Å². The molecule has 0 nitrogen and oxygen atoms in total.